The van der Waals surface area contributed by atoms with Gasteiger partial charge in [0.05, 0.1) is 0 Å². The molecule has 0 fully saturated rings. The van der Waals surface area contributed by atoms with Crippen LogP contribution in [0.15, 0.2) is 48.7 Å². The Bertz CT molecular complexity index is 479. The van der Waals surface area contributed by atoms with Gasteiger partial charge in [-0.1, -0.05) is 36.4 Å². The molecular formula is C13H15N3O. The smallest absolute Gasteiger partial charge is 0.249 e. The summed E-state index contributed by atoms with van der Waals surface area (Å²) >= 11 is 0. The van der Waals surface area contributed by atoms with Gasteiger partial charge in [0, 0.05) is 6.54 Å². The van der Waals surface area contributed by atoms with Crippen molar-refractivity contribution in [3.8, 4) is 0 Å². The lowest BCUT2D eigenvalue weighted by Crippen LogP contribution is -2.59. The number of amides is 1. The summed E-state index contributed by atoms with van der Waals surface area (Å²) in [5.41, 5.74) is 11.9. The Labute approximate surface area is 100.0 Å². The molecular weight excluding hydrogens is 214 g/mol. The standard InChI is InChI=1S/C13H15N3O/c14-9-13(12(15)17)11(7-4-8-16-13)10-5-2-1-3-6-10/h1-8,16H,9,14H2,(H2,15,17). The third kappa shape index (κ3) is 1.83. The molecule has 0 radical (unpaired) electrons. The fraction of sp³-hybridized carbons (Fsp3) is 0.154. The molecule has 4 nitrogen and oxygen atoms in total. The lowest BCUT2D eigenvalue weighted by atomic mass is 9.82. The summed E-state index contributed by atoms with van der Waals surface area (Å²) in [4.78, 5) is 11.7. The largest absolute Gasteiger partial charge is 0.373 e. The molecule has 0 bridgehead atoms. The average Bonchev–Trinajstić information content (AvgIpc) is 2.39. The number of nitrogens with two attached hydrogens (primary N) is 2. The van der Waals surface area contributed by atoms with E-state index in [1.165, 1.54) is 0 Å². The van der Waals surface area contributed by atoms with E-state index in [0.29, 0.717) is 0 Å². The maximum Gasteiger partial charge on any atom is 0.249 e. The number of hydrogen-bond donors (Lipinski definition) is 3. The van der Waals surface area contributed by atoms with E-state index in [1.54, 1.807) is 6.20 Å². The van der Waals surface area contributed by atoms with E-state index in [4.69, 9.17) is 11.5 Å². The minimum Gasteiger partial charge on any atom is -0.373 e. The van der Waals surface area contributed by atoms with Gasteiger partial charge in [-0.15, -0.1) is 0 Å². The van der Waals surface area contributed by atoms with Crippen LogP contribution in [0.3, 0.4) is 0 Å². The topological polar surface area (TPSA) is 81.1 Å². The number of rotatable bonds is 3. The zero-order valence-electron chi connectivity index (χ0n) is 9.39. The Hall–Kier alpha value is -2.07. The second-order valence-electron chi connectivity index (χ2n) is 3.92. The van der Waals surface area contributed by atoms with Crippen LogP contribution in [0.25, 0.3) is 5.57 Å². The van der Waals surface area contributed by atoms with Crippen LogP contribution in [0, 0.1) is 0 Å². The molecule has 1 aromatic rings. The summed E-state index contributed by atoms with van der Waals surface area (Å²) in [6.45, 7) is 0.118. The summed E-state index contributed by atoms with van der Waals surface area (Å²) in [6, 6.07) is 9.61. The number of allylic oxidation sites excluding steroid dienone is 2. The Morgan fingerprint density at radius 2 is 2.00 bits per heavy atom. The van der Waals surface area contributed by atoms with Gasteiger partial charge < -0.3 is 16.8 Å². The van der Waals surface area contributed by atoms with Crippen molar-refractivity contribution in [2.75, 3.05) is 6.54 Å². The maximum atomic E-state index is 11.7. The molecule has 1 aromatic carbocycles. The van der Waals surface area contributed by atoms with Crippen LogP contribution < -0.4 is 16.8 Å². The van der Waals surface area contributed by atoms with Crippen molar-refractivity contribution in [1.82, 2.24) is 5.32 Å². The lowest BCUT2D eigenvalue weighted by molar-refractivity contribution is -0.121. The van der Waals surface area contributed by atoms with Crippen LogP contribution in [0.1, 0.15) is 5.56 Å². The number of carbonyl (C=O) groups is 1. The molecule has 0 saturated heterocycles. The normalized spacial score (nSPS) is 22.8. The van der Waals surface area contributed by atoms with Gasteiger partial charge in [-0.25, -0.2) is 0 Å². The summed E-state index contributed by atoms with van der Waals surface area (Å²) < 4.78 is 0. The van der Waals surface area contributed by atoms with E-state index in [0.717, 1.165) is 11.1 Å². The number of carbonyl (C=O) groups excluding carboxylic acids is 1. The molecule has 1 amide bonds. The van der Waals surface area contributed by atoms with Gasteiger partial charge in [-0.05, 0) is 23.4 Å². The van der Waals surface area contributed by atoms with Crippen LogP contribution in [0.4, 0.5) is 0 Å². The first-order valence-electron chi connectivity index (χ1n) is 5.41. The first-order valence-corrected chi connectivity index (χ1v) is 5.41. The molecule has 2 rings (SSSR count). The Balaban J connectivity index is 2.52. The van der Waals surface area contributed by atoms with Crippen LogP contribution in [0.2, 0.25) is 0 Å². The molecule has 0 aromatic heterocycles. The maximum absolute atomic E-state index is 11.7. The van der Waals surface area contributed by atoms with Crippen molar-refractivity contribution in [3.05, 3.63) is 54.2 Å². The third-order valence-electron chi connectivity index (χ3n) is 2.96. The monoisotopic (exact) mass is 229 g/mol. The highest BCUT2D eigenvalue weighted by molar-refractivity contribution is 6.01. The summed E-state index contributed by atoms with van der Waals surface area (Å²) in [5, 5.41) is 2.98. The fourth-order valence-electron chi connectivity index (χ4n) is 1.99. The number of benzene rings is 1. The molecule has 1 heterocycles. The van der Waals surface area contributed by atoms with E-state index < -0.39 is 11.4 Å². The number of hydrogen-bond acceptors (Lipinski definition) is 3. The van der Waals surface area contributed by atoms with E-state index in [9.17, 15) is 4.79 Å². The van der Waals surface area contributed by atoms with Crippen LogP contribution >= 0.6 is 0 Å². The molecule has 1 unspecified atom stereocenters. The molecule has 1 aliphatic heterocycles. The molecule has 0 aliphatic carbocycles. The predicted octanol–water partition coefficient (Wildman–Crippen LogP) is 0.370. The van der Waals surface area contributed by atoms with E-state index in [2.05, 4.69) is 5.32 Å². The summed E-state index contributed by atoms with van der Waals surface area (Å²) in [6.07, 6.45) is 5.38. The van der Waals surface area contributed by atoms with E-state index >= 15 is 0 Å². The molecule has 1 aliphatic rings. The molecule has 4 heteroatoms. The minimum atomic E-state index is -1.02. The highest BCUT2D eigenvalue weighted by Crippen LogP contribution is 2.28. The van der Waals surface area contributed by atoms with Crippen molar-refractivity contribution >= 4 is 11.5 Å². The van der Waals surface area contributed by atoms with Gasteiger partial charge >= 0.3 is 0 Å². The van der Waals surface area contributed by atoms with Gasteiger partial charge in [-0.2, -0.15) is 0 Å². The molecule has 1 atom stereocenters. The molecule has 88 valence electrons. The summed E-state index contributed by atoms with van der Waals surface area (Å²) in [7, 11) is 0. The Morgan fingerprint density at radius 3 is 2.59 bits per heavy atom. The zero-order chi connectivity index (χ0) is 12.3. The zero-order valence-corrected chi connectivity index (χ0v) is 9.39. The van der Waals surface area contributed by atoms with Crippen molar-refractivity contribution in [2.45, 2.75) is 5.54 Å². The molecule has 17 heavy (non-hydrogen) atoms. The van der Waals surface area contributed by atoms with E-state index in [1.807, 2.05) is 42.5 Å². The molecule has 0 saturated carbocycles. The van der Waals surface area contributed by atoms with Gasteiger partial charge in [0.15, 0.2) is 5.54 Å². The van der Waals surface area contributed by atoms with Crippen LogP contribution in [-0.4, -0.2) is 18.0 Å². The highest BCUT2D eigenvalue weighted by Gasteiger charge is 2.39. The molecule has 5 N–H and O–H groups in total. The second kappa shape index (κ2) is 4.43. The van der Waals surface area contributed by atoms with Crippen molar-refractivity contribution < 1.29 is 4.79 Å². The Morgan fingerprint density at radius 1 is 1.29 bits per heavy atom. The van der Waals surface area contributed by atoms with Crippen LogP contribution in [0.5, 0.6) is 0 Å². The second-order valence-corrected chi connectivity index (χ2v) is 3.92. The first kappa shape index (κ1) is 11.4. The third-order valence-corrected chi connectivity index (χ3v) is 2.96. The fourth-order valence-corrected chi connectivity index (χ4v) is 1.99. The van der Waals surface area contributed by atoms with Gasteiger partial charge in [0.2, 0.25) is 5.91 Å². The Kier molecular flexibility index (Phi) is 2.97. The number of nitrogens with one attached hydrogen (secondary N) is 1. The van der Waals surface area contributed by atoms with Crippen molar-refractivity contribution in [1.29, 1.82) is 0 Å². The van der Waals surface area contributed by atoms with Crippen molar-refractivity contribution in [2.24, 2.45) is 11.5 Å². The van der Waals surface area contributed by atoms with Crippen LogP contribution in [-0.2, 0) is 4.79 Å². The lowest BCUT2D eigenvalue weighted by Gasteiger charge is -2.34. The minimum absolute atomic E-state index is 0.118. The number of dihydropyridines is 1. The van der Waals surface area contributed by atoms with Gasteiger partial charge in [0.1, 0.15) is 0 Å². The van der Waals surface area contributed by atoms with Gasteiger partial charge in [-0.3, -0.25) is 4.79 Å². The van der Waals surface area contributed by atoms with Crippen molar-refractivity contribution in [3.63, 3.8) is 0 Å². The highest BCUT2D eigenvalue weighted by atomic mass is 16.1. The first-order chi connectivity index (χ1) is 8.20. The van der Waals surface area contributed by atoms with E-state index in [-0.39, 0.29) is 6.54 Å². The van der Waals surface area contributed by atoms with Gasteiger partial charge in [0.25, 0.3) is 0 Å². The SMILES string of the molecule is NCC1(C(N)=O)NC=CC=C1c1ccccc1. The predicted molar refractivity (Wildman–Crippen MR) is 67.7 cm³/mol. The average molecular weight is 229 g/mol. The number of primary amides is 1. The quantitative estimate of drug-likeness (QED) is 0.700. The summed E-state index contributed by atoms with van der Waals surface area (Å²) in [5.74, 6) is -0.473. The molecule has 0 spiro atoms.